The molecule has 0 aromatic heterocycles. The van der Waals surface area contributed by atoms with Crippen LogP contribution < -0.4 is 4.90 Å². The molecule has 1 aliphatic heterocycles. The van der Waals surface area contributed by atoms with Gasteiger partial charge in [0.15, 0.2) is 0 Å². The molecule has 2 nitrogen and oxygen atoms in total. The maximum Gasteiger partial charge on any atom is 0.416 e. The Labute approximate surface area is 111 Å². The van der Waals surface area contributed by atoms with Crippen molar-refractivity contribution in [2.24, 2.45) is 0 Å². The van der Waals surface area contributed by atoms with Crippen molar-refractivity contribution in [2.45, 2.75) is 32.0 Å². The molecule has 0 saturated carbocycles. The van der Waals surface area contributed by atoms with Crippen LogP contribution in [0.2, 0.25) is 0 Å². The number of hydrogen-bond acceptors (Lipinski definition) is 2. The summed E-state index contributed by atoms with van der Waals surface area (Å²) in [6.45, 7) is 2.83. The first-order valence-electron chi connectivity index (χ1n) is 6.37. The number of benzene rings is 1. The third kappa shape index (κ3) is 3.03. The summed E-state index contributed by atoms with van der Waals surface area (Å²) in [6.07, 6.45) is -2.34. The lowest BCUT2D eigenvalue weighted by molar-refractivity contribution is -0.138. The predicted octanol–water partition coefficient (Wildman–Crippen LogP) is 3.63. The van der Waals surface area contributed by atoms with Gasteiger partial charge in [-0.3, -0.25) is 0 Å². The van der Waals surface area contributed by atoms with E-state index in [1.807, 2.05) is 4.90 Å². The van der Waals surface area contributed by atoms with Gasteiger partial charge in [0.05, 0.1) is 18.2 Å². The van der Waals surface area contributed by atoms with Gasteiger partial charge in [-0.1, -0.05) is 6.07 Å². The highest BCUT2D eigenvalue weighted by Crippen LogP contribution is 2.35. The summed E-state index contributed by atoms with van der Waals surface area (Å²) >= 11 is 0. The van der Waals surface area contributed by atoms with Crippen molar-refractivity contribution in [3.63, 3.8) is 0 Å². The van der Waals surface area contributed by atoms with Crippen molar-refractivity contribution in [3.05, 3.63) is 29.3 Å². The molecule has 5 heteroatoms. The molecule has 1 atom stereocenters. The molecule has 1 fully saturated rings. The minimum absolute atomic E-state index is 0.175. The molecule has 1 unspecified atom stereocenters. The predicted molar refractivity (Wildman–Crippen MR) is 68.4 cm³/mol. The quantitative estimate of drug-likeness (QED) is 0.834. The number of aryl methyl sites for hydroxylation is 1. The number of anilines is 1. The molecule has 1 aromatic carbocycles. The highest BCUT2D eigenvalue weighted by Gasteiger charge is 2.34. The van der Waals surface area contributed by atoms with Crippen molar-refractivity contribution in [3.8, 4) is 0 Å². The summed E-state index contributed by atoms with van der Waals surface area (Å²) in [5.74, 6) is 0. The molecule has 0 bridgehead atoms. The monoisotopic (exact) mass is 273 g/mol. The summed E-state index contributed by atoms with van der Waals surface area (Å²) in [7, 11) is 1.62. The minimum Gasteiger partial charge on any atom is -0.383 e. The van der Waals surface area contributed by atoms with Gasteiger partial charge >= 0.3 is 6.18 Å². The van der Waals surface area contributed by atoms with E-state index >= 15 is 0 Å². The first kappa shape index (κ1) is 14.2. The van der Waals surface area contributed by atoms with Gasteiger partial charge in [0.25, 0.3) is 0 Å². The zero-order chi connectivity index (χ0) is 14.0. The van der Waals surface area contributed by atoms with Crippen LogP contribution in [0.3, 0.4) is 0 Å². The van der Waals surface area contributed by atoms with Crippen LogP contribution in [0, 0.1) is 6.92 Å². The topological polar surface area (TPSA) is 12.5 Å². The van der Waals surface area contributed by atoms with Crippen LogP contribution in [-0.2, 0) is 10.9 Å². The average molecular weight is 273 g/mol. The van der Waals surface area contributed by atoms with Crippen LogP contribution in [-0.4, -0.2) is 26.3 Å². The molecule has 1 aliphatic rings. The molecular formula is C14H18F3NO. The second kappa shape index (κ2) is 5.41. The number of hydrogen-bond donors (Lipinski definition) is 0. The van der Waals surface area contributed by atoms with Gasteiger partial charge in [0, 0.05) is 19.3 Å². The van der Waals surface area contributed by atoms with E-state index in [9.17, 15) is 13.2 Å². The van der Waals surface area contributed by atoms with Crippen molar-refractivity contribution < 1.29 is 17.9 Å². The molecule has 1 heterocycles. The van der Waals surface area contributed by atoms with E-state index < -0.39 is 11.7 Å². The molecule has 0 N–H and O–H groups in total. The van der Waals surface area contributed by atoms with Crippen molar-refractivity contribution >= 4 is 5.69 Å². The second-order valence-electron chi connectivity index (χ2n) is 4.94. The van der Waals surface area contributed by atoms with Crippen molar-refractivity contribution in [1.82, 2.24) is 0 Å². The Morgan fingerprint density at radius 3 is 2.74 bits per heavy atom. The molecular weight excluding hydrogens is 255 g/mol. The maximum absolute atomic E-state index is 12.9. The summed E-state index contributed by atoms with van der Waals surface area (Å²) in [5.41, 5.74) is 0.351. The first-order chi connectivity index (χ1) is 8.93. The zero-order valence-electron chi connectivity index (χ0n) is 11.1. The zero-order valence-corrected chi connectivity index (χ0v) is 11.1. The van der Waals surface area contributed by atoms with Crippen LogP contribution in [0.25, 0.3) is 0 Å². The van der Waals surface area contributed by atoms with Gasteiger partial charge in [-0.15, -0.1) is 0 Å². The molecule has 106 valence electrons. The first-order valence-corrected chi connectivity index (χ1v) is 6.37. The molecule has 1 saturated heterocycles. The van der Waals surface area contributed by atoms with Crippen LogP contribution in [0.15, 0.2) is 18.2 Å². The summed E-state index contributed by atoms with van der Waals surface area (Å²) in [4.78, 5) is 2.01. The Bertz CT molecular complexity index is 445. The minimum atomic E-state index is -4.30. The van der Waals surface area contributed by atoms with Crippen molar-refractivity contribution in [2.75, 3.05) is 25.2 Å². The van der Waals surface area contributed by atoms with Gasteiger partial charge in [-0.25, -0.2) is 0 Å². The Morgan fingerprint density at radius 1 is 1.37 bits per heavy atom. The van der Waals surface area contributed by atoms with Gasteiger partial charge in [0.1, 0.15) is 0 Å². The van der Waals surface area contributed by atoms with Gasteiger partial charge in [0.2, 0.25) is 0 Å². The van der Waals surface area contributed by atoms with Gasteiger partial charge in [-0.2, -0.15) is 13.2 Å². The molecule has 1 aromatic rings. The number of halogens is 3. The summed E-state index contributed by atoms with van der Waals surface area (Å²) < 4.78 is 43.9. The number of nitrogens with zero attached hydrogens (tertiary/aromatic N) is 1. The molecule has 0 aliphatic carbocycles. The highest BCUT2D eigenvalue weighted by atomic mass is 19.4. The van der Waals surface area contributed by atoms with E-state index in [0.29, 0.717) is 12.3 Å². The number of ether oxygens (including phenoxy) is 1. The van der Waals surface area contributed by atoms with Crippen LogP contribution in [0.4, 0.5) is 18.9 Å². The largest absolute Gasteiger partial charge is 0.416 e. The fourth-order valence-corrected chi connectivity index (χ4v) is 2.64. The lowest BCUT2D eigenvalue weighted by Gasteiger charge is -2.27. The third-order valence-electron chi connectivity index (χ3n) is 3.59. The van der Waals surface area contributed by atoms with Crippen LogP contribution >= 0.6 is 0 Å². The van der Waals surface area contributed by atoms with E-state index in [-0.39, 0.29) is 11.6 Å². The van der Waals surface area contributed by atoms with Crippen LogP contribution in [0.5, 0.6) is 0 Å². The lowest BCUT2D eigenvalue weighted by Crippen LogP contribution is -2.33. The smallest absolute Gasteiger partial charge is 0.383 e. The highest BCUT2D eigenvalue weighted by molar-refractivity contribution is 5.53. The normalized spacial score (nSPS) is 20.1. The molecule has 0 radical (unpaired) electrons. The maximum atomic E-state index is 12.9. The van der Waals surface area contributed by atoms with E-state index in [4.69, 9.17) is 4.74 Å². The molecule has 0 amide bonds. The average Bonchev–Trinajstić information content (AvgIpc) is 2.77. The third-order valence-corrected chi connectivity index (χ3v) is 3.59. The standard InChI is InChI=1S/C14H18F3NO/c1-10-5-6-11(8-13(10)14(15,16)17)18-7-3-4-12(18)9-19-2/h5-6,8,12H,3-4,7,9H2,1-2H3. The number of rotatable bonds is 3. The summed E-state index contributed by atoms with van der Waals surface area (Å²) in [6, 6.07) is 4.73. The SMILES string of the molecule is COCC1CCCN1c1ccc(C)c(C(F)(F)F)c1. The Morgan fingerprint density at radius 2 is 2.11 bits per heavy atom. The Kier molecular flexibility index (Phi) is 4.04. The molecule has 2 rings (SSSR count). The van der Waals surface area contributed by atoms with Gasteiger partial charge < -0.3 is 9.64 Å². The van der Waals surface area contributed by atoms with E-state index in [1.165, 1.54) is 13.0 Å². The Balaban J connectivity index is 2.30. The fourth-order valence-electron chi connectivity index (χ4n) is 2.64. The summed E-state index contributed by atoms with van der Waals surface area (Å²) in [5, 5.41) is 0. The lowest BCUT2D eigenvalue weighted by atomic mass is 10.1. The second-order valence-corrected chi connectivity index (χ2v) is 4.94. The Hall–Kier alpha value is -1.23. The molecule has 19 heavy (non-hydrogen) atoms. The van der Waals surface area contributed by atoms with E-state index in [1.54, 1.807) is 19.2 Å². The van der Waals surface area contributed by atoms with Crippen molar-refractivity contribution in [1.29, 1.82) is 0 Å². The number of alkyl halides is 3. The van der Waals surface area contributed by atoms with E-state index in [0.717, 1.165) is 19.4 Å². The number of methoxy groups -OCH3 is 1. The fraction of sp³-hybridized carbons (Fsp3) is 0.571. The van der Waals surface area contributed by atoms with Gasteiger partial charge in [-0.05, 0) is 37.5 Å². The van der Waals surface area contributed by atoms with Crippen LogP contribution in [0.1, 0.15) is 24.0 Å². The molecule has 0 spiro atoms. The van der Waals surface area contributed by atoms with E-state index in [2.05, 4.69) is 0 Å².